The van der Waals surface area contributed by atoms with Gasteiger partial charge in [0, 0.05) is 29.2 Å². The Balaban J connectivity index is 1.84. The Bertz CT molecular complexity index is 890. The lowest BCUT2D eigenvalue weighted by molar-refractivity contribution is -0.143. The SMILES string of the molecule is CC=NN(C(=S)N1CCC(C(=O)O)CC1)c1csc(-c2ccc(Br)cc2)c1O. The molecule has 2 heterocycles. The van der Waals surface area contributed by atoms with E-state index in [-0.39, 0.29) is 11.7 Å². The number of halogens is 1. The van der Waals surface area contributed by atoms with E-state index in [4.69, 9.17) is 12.2 Å². The minimum absolute atomic E-state index is 0.126. The van der Waals surface area contributed by atoms with Crippen LogP contribution in [-0.2, 0) is 4.79 Å². The molecule has 2 aromatic rings. The topological polar surface area (TPSA) is 76.4 Å². The summed E-state index contributed by atoms with van der Waals surface area (Å²) in [6.45, 7) is 2.89. The standard InChI is InChI=1S/C19H20BrN3O3S2/c1-2-21-23(19(27)22-9-7-13(8-10-22)18(25)26)15-11-28-17(16(15)24)12-3-5-14(20)6-4-12/h2-6,11,13,24H,7-10H2,1H3,(H,25,26). The van der Waals surface area contributed by atoms with Crippen molar-refractivity contribution in [2.45, 2.75) is 19.8 Å². The summed E-state index contributed by atoms with van der Waals surface area (Å²) in [7, 11) is 0. The minimum atomic E-state index is -0.761. The number of aliphatic carboxylic acids is 1. The number of hydrogen-bond acceptors (Lipinski definition) is 5. The molecular formula is C19H20BrN3O3S2. The number of carboxylic acids is 1. The first-order valence-corrected chi connectivity index (χ1v) is 10.9. The summed E-state index contributed by atoms with van der Waals surface area (Å²) < 4.78 is 0.968. The van der Waals surface area contributed by atoms with Crippen LogP contribution in [0.3, 0.4) is 0 Å². The van der Waals surface area contributed by atoms with Crippen molar-refractivity contribution in [3.8, 4) is 16.2 Å². The van der Waals surface area contributed by atoms with Gasteiger partial charge < -0.3 is 15.1 Å². The number of thiophene rings is 1. The Labute approximate surface area is 181 Å². The first kappa shape index (κ1) is 20.8. The molecule has 6 nitrogen and oxygen atoms in total. The molecule has 0 saturated carbocycles. The van der Waals surface area contributed by atoms with Crippen molar-refractivity contribution in [3.63, 3.8) is 0 Å². The van der Waals surface area contributed by atoms with E-state index < -0.39 is 5.97 Å². The molecular weight excluding hydrogens is 462 g/mol. The first-order chi connectivity index (χ1) is 13.4. The number of carbonyl (C=O) groups is 1. The van der Waals surface area contributed by atoms with E-state index in [0.29, 0.717) is 36.7 Å². The van der Waals surface area contributed by atoms with Crippen LogP contribution in [0.25, 0.3) is 10.4 Å². The smallest absolute Gasteiger partial charge is 0.306 e. The van der Waals surface area contributed by atoms with Crippen LogP contribution >= 0.6 is 39.5 Å². The van der Waals surface area contributed by atoms with Gasteiger partial charge in [0.1, 0.15) is 5.69 Å². The van der Waals surface area contributed by atoms with E-state index in [0.717, 1.165) is 14.9 Å². The highest BCUT2D eigenvalue weighted by atomic mass is 79.9. The molecule has 1 saturated heterocycles. The Morgan fingerprint density at radius 3 is 2.57 bits per heavy atom. The van der Waals surface area contributed by atoms with Crippen molar-refractivity contribution in [2.75, 3.05) is 18.1 Å². The number of carboxylic acid groups (broad SMARTS) is 1. The highest BCUT2D eigenvalue weighted by Gasteiger charge is 2.29. The third-order valence-corrected chi connectivity index (χ3v) is 6.57. The summed E-state index contributed by atoms with van der Waals surface area (Å²) in [6.07, 6.45) is 2.70. The number of benzene rings is 1. The zero-order chi connectivity index (χ0) is 20.3. The summed E-state index contributed by atoms with van der Waals surface area (Å²) in [4.78, 5) is 13.9. The largest absolute Gasteiger partial charge is 0.504 e. The Morgan fingerprint density at radius 1 is 1.36 bits per heavy atom. The number of likely N-dealkylation sites (tertiary alicyclic amines) is 1. The predicted octanol–water partition coefficient (Wildman–Crippen LogP) is 4.78. The van der Waals surface area contributed by atoms with Gasteiger partial charge in [0.15, 0.2) is 10.9 Å². The molecule has 0 aliphatic carbocycles. The summed E-state index contributed by atoms with van der Waals surface area (Å²) >= 11 is 10.5. The molecule has 0 unspecified atom stereocenters. The van der Waals surface area contributed by atoms with Gasteiger partial charge in [-0.05, 0) is 49.7 Å². The van der Waals surface area contributed by atoms with Crippen LogP contribution in [0.15, 0.2) is 39.2 Å². The molecule has 1 aromatic carbocycles. The van der Waals surface area contributed by atoms with Gasteiger partial charge in [0.2, 0.25) is 0 Å². The van der Waals surface area contributed by atoms with E-state index in [9.17, 15) is 15.0 Å². The lowest BCUT2D eigenvalue weighted by Gasteiger charge is -2.35. The molecule has 0 amide bonds. The van der Waals surface area contributed by atoms with Crippen molar-refractivity contribution in [2.24, 2.45) is 11.0 Å². The average molecular weight is 482 g/mol. The van der Waals surface area contributed by atoms with Gasteiger partial charge >= 0.3 is 5.97 Å². The van der Waals surface area contributed by atoms with Crippen LogP contribution in [0.5, 0.6) is 5.75 Å². The van der Waals surface area contributed by atoms with Gasteiger partial charge in [-0.15, -0.1) is 11.3 Å². The molecule has 1 aromatic heterocycles. The van der Waals surface area contributed by atoms with Crippen molar-refractivity contribution >= 4 is 62.5 Å². The zero-order valence-electron chi connectivity index (χ0n) is 15.2. The molecule has 0 atom stereocenters. The van der Waals surface area contributed by atoms with Crippen molar-refractivity contribution < 1.29 is 15.0 Å². The Morgan fingerprint density at radius 2 is 2.00 bits per heavy atom. The second kappa shape index (κ2) is 9.02. The summed E-state index contributed by atoms with van der Waals surface area (Å²) in [5.74, 6) is -0.968. The highest BCUT2D eigenvalue weighted by Crippen LogP contribution is 2.44. The van der Waals surface area contributed by atoms with Gasteiger partial charge in [-0.3, -0.25) is 4.79 Å². The van der Waals surface area contributed by atoms with Crippen molar-refractivity contribution in [3.05, 3.63) is 34.1 Å². The predicted molar refractivity (Wildman–Crippen MR) is 120 cm³/mol. The Kier molecular flexibility index (Phi) is 6.69. The summed E-state index contributed by atoms with van der Waals surface area (Å²) in [6, 6.07) is 7.71. The third kappa shape index (κ3) is 4.37. The normalized spacial score (nSPS) is 15.1. The van der Waals surface area contributed by atoms with Gasteiger partial charge in [-0.25, -0.2) is 5.01 Å². The van der Waals surface area contributed by atoms with E-state index in [2.05, 4.69) is 21.0 Å². The number of hydrazone groups is 1. The fourth-order valence-electron chi connectivity index (χ4n) is 3.08. The highest BCUT2D eigenvalue weighted by molar-refractivity contribution is 9.10. The van der Waals surface area contributed by atoms with Gasteiger partial charge in [-0.2, -0.15) is 5.10 Å². The number of aromatic hydroxyl groups is 1. The van der Waals surface area contributed by atoms with Crippen LogP contribution in [0.2, 0.25) is 0 Å². The maximum Gasteiger partial charge on any atom is 0.306 e. The van der Waals surface area contributed by atoms with Gasteiger partial charge in [0.05, 0.1) is 10.8 Å². The maximum absolute atomic E-state index is 11.2. The molecule has 148 valence electrons. The van der Waals surface area contributed by atoms with E-state index in [1.165, 1.54) is 11.3 Å². The van der Waals surface area contributed by atoms with Crippen LogP contribution in [0.4, 0.5) is 5.69 Å². The number of thiocarbonyl (C=S) groups is 1. The molecule has 28 heavy (non-hydrogen) atoms. The van der Waals surface area contributed by atoms with E-state index in [1.54, 1.807) is 18.1 Å². The molecule has 1 aliphatic rings. The Hall–Kier alpha value is -1.97. The quantitative estimate of drug-likeness (QED) is 0.371. The fraction of sp³-hybridized carbons (Fsp3) is 0.316. The molecule has 2 N–H and O–H groups in total. The number of hydrogen-bond donors (Lipinski definition) is 2. The molecule has 1 fully saturated rings. The van der Waals surface area contributed by atoms with Crippen molar-refractivity contribution in [1.29, 1.82) is 0 Å². The van der Waals surface area contributed by atoms with Crippen LogP contribution in [0.1, 0.15) is 19.8 Å². The number of piperidine rings is 1. The van der Waals surface area contributed by atoms with Crippen LogP contribution in [-0.4, -0.2) is 45.5 Å². The van der Waals surface area contributed by atoms with Crippen molar-refractivity contribution in [1.82, 2.24) is 4.90 Å². The number of anilines is 1. The minimum Gasteiger partial charge on any atom is -0.504 e. The molecule has 3 rings (SSSR count). The maximum atomic E-state index is 11.2. The van der Waals surface area contributed by atoms with Crippen LogP contribution in [0, 0.1) is 5.92 Å². The lowest BCUT2D eigenvalue weighted by Crippen LogP contribution is -2.45. The first-order valence-electron chi connectivity index (χ1n) is 8.79. The third-order valence-electron chi connectivity index (χ3n) is 4.61. The molecule has 1 aliphatic heterocycles. The summed E-state index contributed by atoms with van der Waals surface area (Å²) in [5.41, 5.74) is 1.43. The van der Waals surface area contributed by atoms with E-state index >= 15 is 0 Å². The molecule has 0 radical (unpaired) electrons. The van der Waals surface area contributed by atoms with Crippen LogP contribution < -0.4 is 5.01 Å². The second-order valence-electron chi connectivity index (χ2n) is 6.37. The van der Waals surface area contributed by atoms with Gasteiger partial charge in [-0.1, -0.05) is 28.1 Å². The average Bonchev–Trinajstić information content (AvgIpc) is 3.07. The van der Waals surface area contributed by atoms with Gasteiger partial charge in [0.25, 0.3) is 0 Å². The lowest BCUT2D eigenvalue weighted by atomic mass is 9.97. The molecule has 9 heteroatoms. The monoisotopic (exact) mass is 481 g/mol. The fourth-order valence-corrected chi connectivity index (χ4v) is 4.60. The molecule has 0 bridgehead atoms. The second-order valence-corrected chi connectivity index (χ2v) is 8.53. The summed E-state index contributed by atoms with van der Waals surface area (Å²) in [5, 5.41) is 28.2. The molecule has 0 spiro atoms. The number of nitrogens with zero attached hydrogens (tertiary/aromatic N) is 3. The zero-order valence-corrected chi connectivity index (χ0v) is 18.4. The van der Waals surface area contributed by atoms with E-state index in [1.807, 2.05) is 34.5 Å². The number of rotatable bonds is 4.